The van der Waals surface area contributed by atoms with Gasteiger partial charge in [-0.3, -0.25) is 0 Å². The topological polar surface area (TPSA) is 36.9 Å². The number of ether oxygens (including phenoxy) is 1. The van der Waals surface area contributed by atoms with Gasteiger partial charge in [0.05, 0.1) is 23.4 Å². The maximum atomic E-state index is 7.61. The summed E-state index contributed by atoms with van der Waals surface area (Å²) in [6, 6.07) is 3.63. The van der Waals surface area contributed by atoms with Crippen LogP contribution in [0.5, 0.6) is 0 Å². The van der Waals surface area contributed by atoms with Crippen molar-refractivity contribution >= 4 is 25.0 Å². The third-order valence-corrected chi connectivity index (χ3v) is 31.0. The molecule has 0 radical (unpaired) electrons. The number of fused-ring (bicyclic) bond motifs is 5. The Morgan fingerprint density at radius 3 is 1.85 bits per heavy atom. The summed E-state index contributed by atoms with van der Waals surface area (Å²) in [6.07, 6.45) is 18.0. The van der Waals surface area contributed by atoms with Crippen molar-refractivity contribution in [1.82, 2.24) is 0 Å². The maximum Gasteiger partial charge on any atom is 0.192 e. The fourth-order valence-electron chi connectivity index (χ4n) is 10.9. The summed E-state index contributed by atoms with van der Waals surface area (Å²) in [5.74, 6) is 1.03. The van der Waals surface area contributed by atoms with E-state index in [1.54, 1.807) is 11.1 Å². The number of hydrogen-bond acceptors (Lipinski definition) is 4. The van der Waals surface area contributed by atoms with Crippen LogP contribution >= 0.6 is 0 Å². The molecule has 4 rings (SSSR count). The maximum absolute atomic E-state index is 7.61. The fraction of sp³-hybridized carbons (Fsp3) is 0.875. The lowest BCUT2D eigenvalue weighted by Gasteiger charge is -2.59. The van der Waals surface area contributed by atoms with Crippen LogP contribution in [0.15, 0.2) is 34.9 Å². The normalized spacial score (nSPS) is 29.6. The number of hydrogen-bond donors (Lipinski definition) is 0. The monoisotopic (exact) mass is 815 g/mol. The van der Waals surface area contributed by atoms with Crippen molar-refractivity contribution < 1.29 is 18.0 Å². The van der Waals surface area contributed by atoms with Gasteiger partial charge >= 0.3 is 0 Å². The molecule has 0 bridgehead atoms. The summed E-state index contributed by atoms with van der Waals surface area (Å²) in [6.45, 7) is 46.5. The minimum absolute atomic E-state index is 0.0100. The quantitative estimate of drug-likeness (QED) is 0.0833. The molecule has 0 N–H and O–H groups in total. The molecule has 0 saturated heterocycles. The Morgan fingerprint density at radius 1 is 0.764 bits per heavy atom. The lowest BCUT2D eigenvalue weighted by molar-refractivity contribution is -0.0464. The van der Waals surface area contributed by atoms with E-state index in [0.717, 1.165) is 51.6 Å². The van der Waals surface area contributed by atoms with Crippen LogP contribution in [0.3, 0.4) is 0 Å². The van der Waals surface area contributed by atoms with Gasteiger partial charge in [-0.05, 0) is 149 Å². The summed E-state index contributed by atoms with van der Waals surface area (Å²) in [5, 5.41) is 0.343. The molecular formula is C48H90O4Si3. The molecule has 6 atom stereocenters. The van der Waals surface area contributed by atoms with Crippen molar-refractivity contribution in [3.05, 3.63) is 34.9 Å². The fourth-order valence-corrected chi connectivity index (χ4v) is 17.0. The van der Waals surface area contributed by atoms with Crippen LogP contribution in [-0.2, 0) is 18.0 Å². The third-order valence-electron chi connectivity index (χ3n) is 17.2. The average molecular weight is 816 g/mol. The van der Waals surface area contributed by atoms with Gasteiger partial charge in [-0.25, -0.2) is 0 Å². The first-order valence-electron chi connectivity index (χ1n) is 23.0. The van der Waals surface area contributed by atoms with Gasteiger partial charge in [-0.2, -0.15) is 0 Å². The van der Waals surface area contributed by atoms with Crippen molar-refractivity contribution in [3.63, 3.8) is 0 Å². The average Bonchev–Trinajstić information content (AvgIpc) is 3.46. The molecule has 2 saturated carbocycles. The van der Waals surface area contributed by atoms with Gasteiger partial charge < -0.3 is 18.0 Å². The van der Waals surface area contributed by atoms with Crippen molar-refractivity contribution in [2.45, 2.75) is 239 Å². The molecule has 55 heavy (non-hydrogen) atoms. The first kappa shape index (κ1) is 47.4. The minimum Gasteiger partial charge on any atom is -0.414 e. The van der Waals surface area contributed by atoms with Gasteiger partial charge in [0.15, 0.2) is 25.0 Å². The number of allylic oxidation sites excluding steroid dienone is 4. The Morgan fingerprint density at radius 2 is 1.33 bits per heavy atom. The Bertz CT molecular complexity index is 1410. The first-order valence-corrected chi connectivity index (χ1v) is 31.3. The zero-order valence-electron chi connectivity index (χ0n) is 39.9. The molecule has 0 spiro atoms. The molecule has 0 aromatic carbocycles. The Labute approximate surface area is 345 Å². The van der Waals surface area contributed by atoms with Crippen LogP contribution in [0.2, 0.25) is 54.4 Å². The summed E-state index contributed by atoms with van der Waals surface area (Å²) < 4.78 is 29.0. The Balaban J connectivity index is 1.57. The van der Waals surface area contributed by atoms with Gasteiger partial charge in [0.2, 0.25) is 0 Å². The highest BCUT2D eigenvalue weighted by Crippen LogP contribution is 2.66. The highest BCUT2D eigenvalue weighted by atomic mass is 28.4. The molecule has 0 aliphatic heterocycles. The molecule has 4 aliphatic carbocycles. The summed E-state index contributed by atoms with van der Waals surface area (Å²) >= 11 is 0. The second-order valence-electron chi connectivity index (χ2n) is 22.6. The standard InChI is InChI=1S/C48H90O4Si3/c1-20-48(21-2,52-55(22-3,23-4)24-5)31-25-33-49-45(12,13)41-29-28-39-38-27-26-36-34-37(50-53(16,17)43(6,7)8)35-42(51-54(18,19)44(9,10)11)47(36,15)40(38)30-32-46(39,41)14/h26-27,29,37,39-40,42H,20-25,28,30-35H2,1-19H3/t37-,39+,40+,42+,46+,47+/m1/s1. The summed E-state index contributed by atoms with van der Waals surface area (Å²) in [4.78, 5) is 0. The van der Waals surface area contributed by atoms with E-state index in [4.69, 9.17) is 18.0 Å². The zero-order valence-corrected chi connectivity index (χ0v) is 42.9. The van der Waals surface area contributed by atoms with Crippen LogP contribution < -0.4 is 0 Å². The van der Waals surface area contributed by atoms with E-state index >= 15 is 0 Å². The number of rotatable bonds is 17. The SMILES string of the molecule is CCC(CC)(CCCOC(C)(C)C1=CC[C@H]2C3=CC=C4C[C@@H](O[Si](C)(C)C(C)(C)C)C[C@H](O[Si](C)(C)C(C)(C)C)[C@]4(C)[C@H]3CC[C@]12C)O[Si](CC)(CC)CC. The minimum atomic E-state index is -2.05. The van der Waals surface area contributed by atoms with Crippen LogP contribution in [0.25, 0.3) is 0 Å². The molecule has 0 unspecified atom stereocenters. The van der Waals surface area contributed by atoms with Gasteiger partial charge in [0.25, 0.3) is 0 Å². The molecule has 4 aliphatic rings. The lowest BCUT2D eigenvalue weighted by atomic mass is 9.49. The molecule has 0 amide bonds. The van der Waals surface area contributed by atoms with E-state index in [2.05, 4.69) is 148 Å². The van der Waals surface area contributed by atoms with E-state index in [0.29, 0.717) is 11.8 Å². The molecule has 0 aromatic rings. The predicted molar refractivity (Wildman–Crippen MR) is 246 cm³/mol. The molecule has 318 valence electrons. The predicted octanol–water partition coefficient (Wildman–Crippen LogP) is 15.0. The van der Waals surface area contributed by atoms with Crippen molar-refractivity contribution in [1.29, 1.82) is 0 Å². The van der Waals surface area contributed by atoms with Crippen molar-refractivity contribution in [2.75, 3.05) is 6.61 Å². The van der Waals surface area contributed by atoms with Crippen molar-refractivity contribution in [2.24, 2.45) is 22.7 Å². The molecule has 4 nitrogen and oxygen atoms in total. The molecular weight excluding hydrogens is 725 g/mol. The molecule has 0 heterocycles. The van der Waals surface area contributed by atoms with Gasteiger partial charge in [-0.15, -0.1) is 0 Å². The molecule has 0 aromatic heterocycles. The van der Waals surface area contributed by atoms with Crippen LogP contribution in [0, 0.1) is 22.7 Å². The van der Waals surface area contributed by atoms with E-state index in [1.807, 2.05) is 0 Å². The highest BCUT2D eigenvalue weighted by Gasteiger charge is 2.60. The van der Waals surface area contributed by atoms with E-state index in [9.17, 15) is 0 Å². The Hall–Kier alpha value is -0.289. The van der Waals surface area contributed by atoms with Crippen LogP contribution in [0.4, 0.5) is 0 Å². The molecule has 7 heteroatoms. The Kier molecular flexibility index (Phi) is 14.3. The summed E-state index contributed by atoms with van der Waals surface area (Å²) in [7, 11) is -5.67. The molecule has 2 fully saturated rings. The highest BCUT2D eigenvalue weighted by molar-refractivity contribution is 6.74. The van der Waals surface area contributed by atoms with E-state index < -0.39 is 25.0 Å². The smallest absolute Gasteiger partial charge is 0.192 e. The summed E-state index contributed by atoms with van der Waals surface area (Å²) in [5.41, 5.74) is 4.59. The van der Waals surface area contributed by atoms with Crippen LogP contribution in [-0.4, -0.2) is 55.0 Å². The van der Waals surface area contributed by atoms with Crippen LogP contribution in [0.1, 0.15) is 162 Å². The van der Waals surface area contributed by atoms with Gasteiger partial charge in [0.1, 0.15) is 0 Å². The second kappa shape index (κ2) is 16.6. The zero-order chi connectivity index (χ0) is 41.7. The van der Waals surface area contributed by atoms with Gasteiger partial charge in [0, 0.05) is 12.0 Å². The van der Waals surface area contributed by atoms with E-state index in [-0.39, 0.29) is 44.3 Å². The van der Waals surface area contributed by atoms with E-state index in [1.165, 1.54) is 36.5 Å². The van der Waals surface area contributed by atoms with Gasteiger partial charge in [-0.1, -0.05) is 119 Å². The third kappa shape index (κ3) is 9.09. The second-order valence-corrected chi connectivity index (χ2v) is 36.8. The first-order chi connectivity index (χ1) is 25.2. The largest absolute Gasteiger partial charge is 0.414 e. The lowest BCUT2D eigenvalue weighted by Crippen LogP contribution is -2.58. The van der Waals surface area contributed by atoms with Crippen molar-refractivity contribution in [3.8, 4) is 0 Å².